The molecule has 0 atom stereocenters. The van der Waals surface area contributed by atoms with Gasteiger partial charge in [-0.15, -0.1) is 5.06 Å². The van der Waals surface area contributed by atoms with Gasteiger partial charge in [0.2, 0.25) is 0 Å². The van der Waals surface area contributed by atoms with Gasteiger partial charge in [-0.3, -0.25) is 0 Å². The fraction of sp³-hybridized carbons (Fsp3) is 0.412. The van der Waals surface area contributed by atoms with E-state index in [-0.39, 0.29) is 5.97 Å². The standard InChI is InChI=1S/C17H22N4O2/c1-17(2,3)16(22)23-21-6-4-11(5-7-21)14-10-20-15-13(14)8-12(18)9-19-15/h4,8-10H,5-7,18H2,1-3H3,(H,19,20). The Balaban J connectivity index is 1.76. The molecule has 1 aliphatic rings. The van der Waals surface area contributed by atoms with Gasteiger partial charge in [0.25, 0.3) is 0 Å². The molecule has 0 unspecified atom stereocenters. The molecule has 0 bridgehead atoms. The minimum Gasteiger partial charge on any atom is -0.397 e. The number of hydroxylamine groups is 2. The van der Waals surface area contributed by atoms with Crippen LogP contribution in [-0.4, -0.2) is 34.1 Å². The number of fused-ring (bicyclic) bond motifs is 1. The van der Waals surface area contributed by atoms with Crippen LogP contribution in [0.3, 0.4) is 0 Å². The third kappa shape index (κ3) is 3.22. The summed E-state index contributed by atoms with van der Waals surface area (Å²) in [7, 11) is 0. The average Bonchev–Trinajstić information content (AvgIpc) is 2.90. The predicted molar refractivity (Wildman–Crippen MR) is 90.2 cm³/mol. The zero-order chi connectivity index (χ0) is 16.6. The first-order valence-corrected chi connectivity index (χ1v) is 7.74. The number of H-pyrrole nitrogens is 1. The second-order valence-corrected chi connectivity index (χ2v) is 6.86. The van der Waals surface area contributed by atoms with Crippen LogP contribution < -0.4 is 5.73 Å². The highest BCUT2D eigenvalue weighted by atomic mass is 16.7. The lowest BCUT2D eigenvalue weighted by Crippen LogP contribution is -2.35. The molecule has 3 rings (SSSR count). The number of anilines is 1. The van der Waals surface area contributed by atoms with Crippen LogP contribution in [0.4, 0.5) is 5.69 Å². The molecule has 2 aromatic heterocycles. The Hall–Kier alpha value is -2.34. The lowest BCUT2D eigenvalue weighted by molar-refractivity contribution is -0.198. The molecule has 0 fully saturated rings. The first-order chi connectivity index (χ1) is 10.8. The van der Waals surface area contributed by atoms with Crippen molar-refractivity contribution in [1.29, 1.82) is 0 Å². The van der Waals surface area contributed by atoms with Gasteiger partial charge in [0.05, 0.1) is 23.8 Å². The Kier molecular flexibility index (Phi) is 3.85. The van der Waals surface area contributed by atoms with Gasteiger partial charge < -0.3 is 15.6 Å². The zero-order valence-corrected chi connectivity index (χ0v) is 13.7. The number of nitrogens with one attached hydrogen (secondary N) is 1. The molecule has 23 heavy (non-hydrogen) atoms. The molecular formula is C17H22N4O2. The molecule has 3 heterocycles. The number of carbonyl (C=O) groups is 1. The summed E-state index contributed by atoms with van der Waals surface area (Å²) in [5.41, 5.74) is 9.15. The van der Waals surface area contributed by atoms with Crippen molar-refractivity contribution in [2.45, 2.75) is 27.2 Å². The van der Waals surface area contributed by atoms with E-state index in [9.17, 15) is 4.79 Å². The number of hydrogen-bond donors (Lipinski definition) is 2. The smallest absolute Gasteiger partial charge is 0.330 e. The van der Waals surface area contributed by atoms with Crippen LogP contribution in [0.5, 0.6) is 0 Å². The molecule has 6 heteroatoms. The average molecular weight is 314 g/mol. The van der Waals surface area contributed by atoms with Crippen molar-refractivity contribution in [1.82, 2.24) is 15.0 Å². The molecular weight excluding hydrogens is 292 g/mol. The number of pyridine rings is 1. The SMILES string of the molecule is CC(C)(C)C(=O)ON1CC=C(c2c[nH]c3ncc(N)cc23)CC1. The molecule has 3 N–H and O–H groups in total. The van der Waals surface area contributed by atoms with Crippen molar-refractivity contribution in [3.63, 3.8) is 0 Å². The van der Waals surface area contributed by atoms with Gasteiger partial charge in [-0.05, 0) is 38.8 Å². The highest BCUT2D eigenvalue weighted by Crippen LogP contribution is 2.29. The van der Waals surface area contributed by atoms with E-state index in [1.807, 2.05) is 33.0 Å². The summed E-state index contributed by atoms with van der Waals surface area (Å²) in [4.78, 5) is 24.8. The van der Waals surface area contributed by atoms with Crippen molar-refractivity contribution in [3.05, 3.63) is 30.1 Å². The van der Waals surface area contributed by atoms with Crippen molar-refractivity contribution in [2.75, 3.05) is 18.8 Å². The summed E-state index contributed by atoms with van der Waals surface area (Å²) in [5, 5.41) is 2.73. The first-order valence-electron chi connectivity index (χ1n) is 7.74. The normalized spacial score (nSPS) is 16.4. The molecule has 0 saturated carbocycles. The van der Waals surface area contributed by atoms with E-state index in [0.717, 1.165) is 23.0 Å². The largest absolute Gasteiger partial charge is 0.397 e. The van der Waals surface area contributed by atoms with E-state index < -0.39 is 5.41 Å². The van der Waals surface area contributed by atoms with E-state index in [0.29, 0.717) is 18.8 Å². The number of hydrogen-bond acceptors (Lipinski definition) is 5. The van der Waals surface area contributed by atoms with Crippen LogP contribution >= 0.6 is 0 Å². The fourth-order valence-corrected chi connectivity index (χ4v) is 2.52. The van der Waals surface area contributed by atoms with Crippen LogP contribution in [0.25, 0.3) is 16.6 Å². The molecule has 0 radical (unpaired) electrons. The van der Waals surface area contributed by atoms with Crippen molar-refractivity contribution >= 4 is 28.3 Å². The van der Waals surface area contributed by atoms with Crippen molar-refractivity contribution in [2.24, 2.45) is 5.41 Å². The van der Waals surface area contributed by atoms with E-state index in [1.165, 1.54) is 5.57 Å². The number of nitrogens with two attached hydrogens (primary N) is 1. The number of nitrogens with zero attached hydrogens (tertiary/aromatic N) is 2. The van der Waals surface area contributed by atoms with E-state index in [2.05, 4.69) is 16.0 Å². The molecule has 0 aromatic carbocycles. The summed E-state index contributed by atoms with van der Waals surface area (Å²) in [5.74, 6) is -0.210. The van der Waals surface area contributed by atoms with Crippen molar-refractivity contribution in [3.8, 4) is 0 Å². The van der Waals surface area contributed by atoms with Crippen LogP contribution in [0.1, 0.15) is 32.8 Å². The van der Waals surface area contributed by atoms with Crippen LogP contribution in [-0.2, 0) is 9.63 Å². The highest BCUT2D eigenvalue weighted by molar-refractivity contribution is 5.92. The Morgan fingerprint density at radius 2 is 2.22 bits per heavy atom. The van der Waals surface area contributed by atoms with Gasteiger partial charge in [-0.2, -0.15) is 0 Å². The predicted octanol–water partition coefficient (Wildman–Crippen LogP) is 2.74. The highest BCUT2D eigenvalue weighted by Gasteiger charge is 2.27. The van der Waals surface area contributed by atoms with E-state index in [1.54, 1.807) is 11.3 Å². The quantitative estimate of drug-likeness (QED) is 0.890. The fourth-order valence-electron chi connectivity index (χ4n) is 2.52. The molecule has 122 valence electrons. The number of carbonyl (C=O) groups excluding carboxylic acids is 1. The summed E-state index contributed by atoms with van der Waals surface area (Å²) < 4.78 is 0. The lowest BCUT2D eigenvalue weighted by Gasteiger charge is -2.27. The topological polar surface area (TPSA) is 84.2 Å². The van der Waals surface area contributed by atoms with E-state index >= 15 is 0 Å². The van der Waals surface area contributed by atoms with E-state index in [4.69, 9.17) is 10.6 Å². The molecule has 2 aromatic rings. The molecule has 0 spiro atoms. The molecule has 0 saturated heterocycles. The minimum atomic E-state index is -0.496. The summed E-state index contributed by atoms with van der Waals surface area (Å²) in [6.45, 7) is 6.81. The third-order valence-corrected chi connectivity index (χ3v) is 3.89. The second kappa shape index (κ2) is 5.70. The maximum Gasteiger partial charge on any atom is 0.330 e. The van der Waals surface area contributed by atoms with Gasteiger partial charge in [0, 0.05) is 23.7 Å². The van der Waals surface area contributed by atoms with Crippen molar-refractivity contribution < 1.29 is 9.63 Å². The third-order valence-electron chi connectivity index (χ3n) is 3.89. The number of nitrogen functional groups attached to an aromatic ring is 1. The zero-order valence-electron chi connectivity index (χ0n) is 13.7. The second-order valence-electron chi connectivity index (χ2n) is 6.86. The molecule has 1 aliphatic heterocycles. The van der Waals surface area contributed by atoms with Gasteiger partial charge in [0.1, 0.15) is 5.65 Å². The first kappa shape index (κ1) is 15.6. The molecule has 0 amide bonds. The minimum absolute atomic E-state index is 0.210. The number of rotatable bonds is 2. The van der Waals surface area contributed by atoms with Crippen LogP contribution in [0, 0.1) is 5.41 Å². The van der Waals surface area contributed by atoms with Crippen LogP contribution in [0.15, 0.2) is 24.5 Å². The Labute approximate surface area is 135 Å². The van der Waals surface area contributed by atoms with Crippen LogP contribution in [0.2, 0.25) is 0 Å². The van der Waals surface area contributed by atoms with Gasteiger partial charge >= 0.3 is 5.97 Å². The summed E-state index contributed by atoms with van der Waals surface area (Å²) in [6.07, 6.45) is 6.50. The maximum absolute atomic E-state index is 11.9. The van der Waals surface area contributed by atoms with Gasteiger partial charge in [-0.25, -0.2) is 9.78 Å². The number of aromatic nitrogens is 2. The summed E-state index contributed by atoms with van der Waals surface area (Å²) in [6, 6.07) is 1.93. The van der Waals surface area contributed by atoms with Gasteiger partial charge in [0.15, 0.2) is 0 Å². The Morgan fingerprint density at radius 1 is 1.43 bits per heavy atom. The number of aromatic amines is 1. The molecule has 0 aliphatic carbocycles. The molecule has 6 nitrogen and oxygen atoms in total. The maximum atomic E-state index is 11.9. The summed E-state index contributed by atoms with van der Waals surface area (Å²) >= 11 is 0. The Morgan fingerprint density at radius 3 is 2.87 bits per heavy atom. The van der Waals surface area contributed by atoms with Gasteiger partial charge in [-0.1, -0.05) is 6.08 Å². The Bertz CT molecular complexity index is 770. The monoisotopic (exact) mass is 314 g/mol. The lowest BCUT2D eigenvalue weighted by atomic mass is 9.97.